The van der Waals surface area contributed by atoms with Gasteiger partial charge in [-0.05, 0) is 32.9 Å². The fraction of sp³-hybridized carbons (Fsp3) is 0.900. The highest BCUT2D eigenvalue weighted by Crippen LogP contribution is 2.05. The van der Waals surface area contributed by atoms with E-state index in [9.17, 15) is 4.79 Å². The number of aliphatic carboxylic acids is 1. The molecule has 0 saturated carbocycles. The summed E-state index contributed by atoms with van der Waals surface area (Å²) in [4.78, 5) is 12.7. The Hall–Kier alpha value is -0.570. The molecular weight excluding hydrogens is 166 g/mol. The van der Waals surface area contributed by atoms with E-state index in [4.69, 9.17) is 5.11 Å². The van der Waals surface area contributed by atoms with Crippen LogP contribution in [0.25, 0.3) is 0 Å². The molecule has 1 unspecified atom stereocenters. The molecule has 0 spiro atoms. The summed E-state index contributed by atoms with van der Waals surface area (Å²) in [5.41, 5.74) is 0. The van der Waals surface area contributed by atoms with Gasteiger partial charge in [-0.1, -0.05) is 13.8 Å². The van der Waals surface area contributed by atoms with Gasteiger partial charge in [0.05, 0.1) is 6.42 Å². The Labute approximate surface area is 80.7 Å². The molecule has 0 aliphatic rings. The standard InChI is InChI=1S/C10H21NO2/c1-4-6-11(7-5-2)9(3)8-10(12)13/h9H,4-8H2,1-3H3,(H,12,13). The Morgan fingerprint density at radius 2 is 1.77 bits per heavy atom. The van der Waals surface area contributed by atoms with Crippen LogP contribution in [0.1, 0.15) is 40.0 Å². The SMILES string of the molecule is CCCN(CCC)C(C)CC(=O)O. The lowest BCUT2D eigenvalue weighted by Gasteiger charge is -2.27. The molecule has 0 rings (SSSR count). The van der Waals surface area contributed by atoms with Crippen molar-refractivity contribution in [3.63, 3.8) is 0 Å². The third-order valence-corrected chi connectivity index (χ3v) is 2.12. The van der Waals surface area contributed by atoms with Crippen molar-refractivity contribution >= 4 is 5.97 Å². The molecule has 0 amide bonds. The van der Waals surface area contributed by atoms with Gasteiger partial charge < -0.3 is 10.0 Å². The van der Waals surface area contributed by atoms with Crippen LogP contribution in [0.2, 0.25) is 0 Å². The third-order valence-electron chi connectivity index (χ3n) is 2.12. The van der Waals surface area contributed by atoms with Crippen molar-refractivity contribution in [2.24, 2.45) is 0 Å². The summed E-state index contributed by atoms with van der Waals surface area (Å²) in [5.74, 6) is -0.704. The Bertz CT molecular complexity index is 142. The Morgan fingerprint density at radius 3 is 2.08 bits per heavy atom. The average Bonchev–Trinajstić information content (AvgIpc) is 2.02. The molecule has 1 N–H and O–H groups in total. The maximum absolute atomic E-state index is 10.5. The quantitative estimate of drug-likeness (QED) is 0.662. The van der Waals surface area contributed by atoms with Gasteiger partial charge in [0, 0.05) is 6.04 Å². The van der Waals surface area contributed by atoms with E-state index in [0.717, 1.165) is 25.9 Å². The molecule has 0 radical (unpaired) electrons. The number of hydrogen-bond donors (Lipinski definition) is 1. The monoisotopic (exact) mass is 187 g/mol. The van der Waals surface area contributed by atoms with Crippen molar-refractivity contribution in [1.82, 2.24) is 4.90 Å². The van der Waals surface area contributed by atoms with Crippen molar-refractivity contribution in [2.75, 3.05) is 13.1 Å². The van der Waals surface area contributed by atoms with Crippen molar-refractivity contribution < 1.29 is 9.90 Å². The van der Waals surface area contributed by atoms with E-state index in [1.807, 2.05) is 6.92 Å². The summed E-state index contributed by atoms with van der Waals surface area (Å²) in [6, 6.07) is 0.164. The lowest BCUT2D eigenvalue weighted by molar-refractivity contribution is -0.138. The first kappa shape index (κ1) is 12.4. The Morgan fingerprint density at radius 1 is 1.31 bits per heavy atom. The molecular formula is C10H21NO2. The lowest BCUT2D eigenvalue weighted by Crippen LogP contribution is -2.35. The van der Waals surface area contributed by atoms with Gasteiger partial charge in [0.2, 0.25) is 0 Å². The minimum Gasteiger partial charge on any atom is -0.481 e. The van der Waals surface area contributed by atoms with E-state index in [-0.39, 0.29) is 12.5 Å². The van der Waals surface area contributed by atoms with Gasteiger partial charge in [-0.3, -0.25) is 4.79 Å². The number of carboxylic acid groups (broad SMARTS) is 1. The van der Waals surface area contributed by atoms with Crippen molar-refractivity contribution in [3.05, 3.63) is 0 Å². The lowest BCUT2D eigenvalue weighted by atomic mass is 10.2. The molecule has 0 heterocycles. The van der Waals surface area contributed by atoms with Crippen LogP contribution in [-0.4, -0.2) is 35.1 Å². The van der Waals surface area contributed by atoms with Gasteiger partial charge in [-0.25, -0.2) is 0 Å². The fourth-order valence-corrected chi connectivity index (χ4v) is 1.51. The molecule has 0 aromatic heterocycles. The minimum absolute atomic E-state index is 0.164. The van der Waals surface area contributed by atoms with Crippen LogP contribution < -0.4 is 0 Å². The van der Waals surface area contributed by atoms with E-state index >= 15 is 0 Å². The van der Waals surface area contributed by atoms with Gasteiger partial charge in [0.1, 0.15) is 0 Å². The van der Waals surface area contributed by atoms with Gasteiger partial charge in [-0.15, -0.1) is 0 Å². The van der Waals surface area contributed by atoms with Gasteiger partial charge in [0.25, 0.3) is 0 Å². The zero-order valence-electron chi connectivity index (χ0n) is 8.92. The predicted octanol–water partition coefficient (Wildman–Crippen LogP) is 1.97. The summed E-state index contributed by atoms with van der Waals surface area (Å²) in [6.45, 7) is 8.23. The van der Waals surface area contributed by atoms with Gasteiger partial charge in [0.15, 0.2) is 0 Å². The number of carboxylic acids is 1. The smallest absolute Gasteiger partial charge is 0.304 e. The largest absolute Gasteiger partial charge is 0.481 e. The molecule has 0 aromatic rings. The second-order valence-electron chi connectivity index (χ2n) is 3.48. The van der Waals surface area contributed by atoms with Crippen molar-refractivity contribution in [3.8, 4) is 0 Å². The molecule has 13 heavy (non-hydrogen) atoms. The molecule has 0 fully saturated rings. The molecule has 0 aliphatic heterocycles. The molecule has 0 aliphatic carbocycles. The van der Waals surface area contributed by atoms with Crippen LogP contribution in [0, 0.1) is 0 Å². The Balaban J connectivity index is 3.93. The second kappa shape index (κ2) is 6.89. The van der Waals surface area contributed by atoms with Crippen LogP contribution in [0.5, 0.6) is 0 Å². The second-order valence-corrected chi connectivity index (χ2v) is 3.48. The molecule has 3 nitrogen and oxygen atoms in total. The van der Waals surface area contributed by atoms with Gasteiger partial charge in [-0.2, -0.15) is 0 Å². The van der Waals surface area contributed by atoms with E-state index in [1.165, 1.54) is 0 Å². The number of hydrogen-bond acceptors (Lipinski definition) is 2. The molecule has 78 valence electrons. The first-order valence-corrected chi connectivity index (χ1v) is 5.07. The number of rotatable bonds is 7. The Kier molecular flexibility index (Phi) is 6.59. The normalized spacial score (nSPS) is 13.2. The predicted molar refractivity (Wildman–Crippen MR) is 53.9 cm³/mol. The van der Waals surface area contributed by atoms with Crippen molar-refractivity contribution in [2.45, 2.75) is 46.1 Å². The fourth-order valence-electron chi connectivity index (χ4n) is 1.51. The van der Waals surface area contributed by atoms with Crippen LogP contribution in [0.15, 0.2) is 0 Å². The summed E-state index contributed by atoms with van der Waals surface area (Å²) >= 11 is 0. The molecule has 0 bridgehead atoms. The number of nitrogens with zero attached hydrogens (tertiary/aromatic N) is 1. The van der Waals surface area contributed by atoms with Crippen LogP contribution >= 0.6 is 0 Å². The first-order valence-electron chi connectivity index (χ1n) is 5.07. The van der Waals surface area contributed by atoms with Crippen LogP contribution in [0.4, 0.5) is 0 Å². The first-order chi connectivity index (χ1) is 6.11. The summed E-state index contributed by atoms with van der Waals surface area (Å²) < 4.78 is 0. The van der Waals surface area contributed by atoms with E-state index in [1.54, 1.807) is 0 Å². The number of carbonyl (C=O) groups is 1. The van der Waals surface area contributed by atoms with Crippen LogP contribution in [-0.2, 0) is 4.79 Å². The zero-order chi connectivity index (χ0) is 10.3. The highest BCUT2D eigenvalue weighted by Gasteiger charge is 2.14. The van der Waals surface area contributed by atoms with E-state index < -0.39 is 5.97 Å². The third kappa shape index (κ3) is 5.64. The van der Waals surface area contributed by atoms with Crippen LogP contribution in [0.3, 0.4) is 0 Å². The van der Waals surface area contributed by atoms with Gasteiger partial charge >= 0.3 is 5.97 Å². The molecule has 3 heteroatoms. The highest BCUT2D eigenvalue weighted by atomic mass is 16.4. The van der Waals surface area contributed by atoms with E-state index in [2.05, 4.69) is 18.7 Å². The zero-order valence-corrected chi connectivity index (χ0v) is 8.92. The maximum Gasteiger partial charge on any atom is 0.304 e. The minimum atomic E-state index is -0.704. The summed E-state index contributed by atoms with van der Waals surface area (Å²) in [6.07, 6.45) is 2.42. The molecule has 0 saturated heterocycles. The maximum atomic E-state index is 10.5. The molecule has 1 atom stereocenters. The topological polar surface area (TPSA) is 40.5 Å². The molecule has 0 aromatic carbocycles. The summed E-state index contributed by atoms with van der Waals surface area (Å²) in [5, 5.41) is 8.64. The highest BCUT2D eigenvalue weighted by molar-refractivity contribution is 5.67. The average molecular weight is 187 g/mol. The van der Waals surface area contributed by atoms with E-state index in [0.29, 0.717) is 0 Å². The van der Waals surface area contributed by atoms with Crippen molar-refractivity contribution in [1.29, 1.82) is 0 Å². The summed E-state index contributed by atoms with van der Waals surface area (Å²) in [7, 11) is 0.